The Bertz CT molecular complexity index is 766. The van der Waals surface area contributed by atoms with E-state index in [2.05, 4.69) is 51.9 Å². The highest BCUT2D eigenvalue weighted by Crippen LogP contribution is 2.29. The van der Waals surface area contributed by atoms with Crippen molar-refractivity contribution < 1.29 is 0 Å². The fourth-order valence-corrected chi connectivity index (χ4v) is 3.00. The number of hydrogen-bond donors (Lipinski definition) is 2. The summed E-state index contributed by atoms with van der Waals surface area (Å²) in [4.78, 5) is 4.84. The maximum Gasteiger partial charge on any atom is 0.0700 e. The van der Waals surface area contributed by atoms with Crippen LogP contribution in [0.3, 0.4) is 0 Å². The van der Waals surface area contributed by atoms with Gasteiger partial charge in [0.25, 0.3) is 0 Å². The lowest BCUT2D eigenvalue weighted by molar-refractivity contribution is 0.990. The van der Waals surface area contributed by atoms with Gasteiger partial charge in [-0.05, 0) is 36.1 Å². The highest BCUT2D eigenvalue weighted by Gasteiger charge is 2.17. The topological polar surface area (TPSA) is 53.1 Å². The van der Waals surface area contributed by atoms with Gasteiger partial charge in [-0.15, -0.1) is 0 Å². The van der Waals surface area contributed by atoms with Gasteiger partial charge >= 0.3 is 0 Å². The Labute approximate surface area is 129 Å². The molecular weight excluding hydrogens is 272 g/mol. The molecule has 0 saturated carbocycles. The van der Waals surface area contributed by atoms with E-state index in [1.54, 1.807) is 0 Å². The first-order valence-corrected chi connectivity index (χ1v) is 7.70. The van der Waals surface area contributed by atoms with Gasteiger partial charge in [-0.3, -0.25) is 10.1 Å². The zero-order valence-corrected chi connectivity index (χ0v) is 12.3. The number of allylic oxidation sites excluding steroid dienone is 4. The van der Waals surface area contributed by atoms with E-state index in [4.69, 9.17) is 4.99 Å². The number of aromatic nitrogens is 2. The van der Waals surface area contributed by atoms with Crippen molar-refractivity contribution in [3.8, 4) is 11.1 Å². The second-order valence-corrected chi connectivity index (χ2v) is 5.56. The molecule has 0 amide bonds. The molecule has 0 spiro atoms. The van der Waals surface area contributed by atoms with Crippen LogP contribution in [0.4, 0.5) is 5.69 Å². The van der Waals surface area contributed by atoms with Gasteiger partial charge in [0.05, 0.1) is 18.5 Å². The van der Waals surface area contributed by atoms with Crippen molar-refractivity contribution in [2.24, 2.45) is 4.99 Å². The van der Waals surface area contributed by atoms with Crippen molar-refractivity contribution in [2.75, 3.05) is 18.4 Å². The van der Waals surface area contributed by atoms with Gasteiger partial charge in [-0.1, -0.05) is 24.3 Å². The number of benzene rings is 1. The number of benzodiazepines with no additional fused rings is 1. The Kier molecular flexibility index (Phi) is 3.35. The van der Waals surface area contributed by atoms with Crippen molar-refractivity contribution in [3.05, 3.63) is 60.0 Å². The Morgan fingerprint density at radius 2 is 2.14 bits per heavy atom. The molecule has 4 heteroatoms. The smallest absolute Gasteiger partial charge is 0.0700 e. The molecule has 2 aliphatic rings. The quantitative estimate of drug-likeness (QED) is 0.888. The lowest BCUT2D eigenvalue weighted by Gasteiger charge is -2.15. The molecule has 1 aliphatic carbocycles. The van der Waals surface area contributed by atoms with Gasteiger partial charge in [0.15, 0.2) is 0 Å². The van der Waals surface area contributed by atoms with Crippen LogP contribution in [0.25, 0.3) is 11.1 Å². The van der Waals surface area contributed by atoms with Crippen LogP contribution in [0.1, 0.15) is 18.4 Å². The van der Waals surface area contributed by atoms with E-state index in [0.717, 1.165) is 42.8 Å². The number of aromatic amines is 1. The molecule has 110 valence electrons. The van der Waals surface area contributed by atoms with Gasteiger partial charge in [-0.2, -0.15) is 5.10 Å². The van der Waals surface area contributed by atoms with Crippen molar-refractivity contribution >= 4 is 11.4 Å². The molecular formula is C18H18N4. The summed E-state index contributed by atoms with van der Waals surface area (Å²) in [6.07, 6.45) is 12.5. The van der Waals surface area contributed by atoms with Gasteiger partial charge in [0, 0.05) is 29.6 Å². The average molecular weight is 290 g/mol. The average Bonchev–Trinajstić information content (AvgIpc) is 3.03. The number of rotatable bonds is 2. The van der Waals surface area contributed by atoms with E-state index in [1.165, 1.54) is 16.8 Å². The summed E-state index contributed by atoms with van der Waals surface area (Å²) >= 11 is 0. The maximum absolute atomic E-state index is 4.84. The number of nitrogens with one attached hydrogen (secondary N) is 2. The lowest BCUT2D eigenvalue weighted by Crippen LogP contribution is -2.08. The molecule has 1 aliphatic heterocycles. The fraction of sp³-hybridized carbons (Fsp3) is 0.222. The van der Waals surface area contributed by atoms with Crippen molar-refractivity contribution in [1.29, 1.82) is 0 Å². The highest BCUT2D eigenvalue weighted by atomic mass is 15.1. The Hall–Kier alpha value is -2.62. The van der Waals surface area contributed by atoms with E-state index in [9.17, 15) is 0 Å². The third-order valence-electron chi connectivity index (χ3n) is 4.12. The summed E-state index contributed by atoms with van der Waals surface area (Å²) in [6, 6.07) is 6.50. The molecule has 4 rings (SSSR count). The Balaban J connectivity index is 1.83. The number of hydrogen-bond acceptors (Lipinski definition) is 3. The molecule has 1 aromatic heterocycles. The Morgan fingerprint density at radius 3 is 2.95 bits per heavy atom. The van der Waals surface area contributed by atoms with Crippen LogP contribution < -0.4 is 5.32 Å². The van der Waals surface area contributed by atoms with E-state index in [1.807, 2.05) is 12.4 Å². The van der Waals surface area contributed by atoms with E-state index >= 15 is 0 Å². The normalized spacial score (nSPS) is 17.1. The van der Waals surface area contributed by atoms with Gasteiger partial charge in [0.2, 0.25) is 0 Å². The first-order valence-electron chi connectivity index (χ1n) is 7.70. The standard InChI is InChI=1S/C18H18N4/c1-2-4-13(5-3-1)18-16-10-14(15-11-21-22-12-15)6-7-17(16)19-8-9-20-18/h1-2,4,6-7,10-12,19H,3,5,8-9H2,(H,21,22). The van der Waals surface area contributed by atoms with Crippen LogP contribution in [-0.4, -0.2) is 29.0 Å². The minimum absolute atomic E-state index is 0.812. The molecule has 2 aromatic rings. The lowest BCUT2D eigenvalue weighted by atomic mass is 9.92. The molecule has 4 nitrogen and oxygen atoms in total. The summed E-state index contributed by atoms with van der Waals surface area (Å²) < 4.78 is 0. The molecule has 0 bridgehead atoms. The highest BCUT2D eigenvalue weighted by molar-refractivity contribution is 6.16. The number of anilines is 1. The third-order valence-corrected chi connectivity index (χ3v) is 4.12. The van der Waals surface area contributed by atoms with Crippen LogP contribution in [0.15, 0.2) is 59.4 Å². The van der Waals surface area contributed by atoms with E-state index < -0.39 is 0 Å². The summed E-state index contributed by atoms with van der Waals surface area (Å²) in [5, 5.41) is 10.4. The molecule has 2 heterocycles. The van der Waals surface area contributed by atoms with E-state index in [-0.39, 0.29) is 0 Å². The molecule has 22 heavy (non-hydrogen) atoms. The fourth-order valence-electron chi connectivity index (χ4n) is 3.00. The molecule has 0 atom stereocenters. The maximum atomic E-state index is 4.84. The van der Waals surface area contributed by atoms with Gasteiger partial charge < -0.3 is 5.32 Å². The molecule has 0 unspecified atom stereocenters. The number of H-pyrrole nitrogens is 1. The zero-order valence-electron chi connectivity index (χ0n) is 12.3. The number of nitrogens with zero attached hydrogens (tertiary/aromatic N) is 2. The van der Waals surface area contributed by atoms with Crippen molar-refractivity contribution in [2.45, 2.75) is 12.8 Å². The van der Waals surface area contributed by atoms with Crippen LogP contribution in [-0.2, 0) is 0 Å². The molecule has 0 fully saturated rings. The van der Waals surface area contributed by atoms with Gasteiger partial charge in [0.1, 0.15) is 0 Å². The van der Waals surface area contributed by atoms with Crippen LogP contribution in [0.2, 0.25) is 0 Å². The second kappa shape index (κ2) is 5.64. The summed E-state index contributed by atoms with van der Waals surface area (Å²) in [6.45, 7) is 1.69. The predicted octanol–water partition coefficient (Wildman–Crippen LogP) is 3.57. The summed E-state index contributed by atoms with van der Waals surface area (Å²) in [5.41, 5.74) is 7.09. The summed E-state index contributed by atoms with van der Waals surface area (Å²) in [5.74, 6) is 0. The number of fused-ring (bicyclic) bond motifs is 1. The number of aliphatic imine (C=N–C) groups is 1. The third kappa shape index (κ3) is 2.37. The zero-order chi connectivity index (χ0) is 14.8. The second-order valence-electron chi connectivity index (χ2n) is 5.56. The minimum atomic E-state index is 0.812. The molecule has 0 radical (unpaired) electrons. The minimum Gasteiger partial charge on any atom is -0.383 e. The molecule has 2 N–H and O–H groups in total. The first-order chi connectivity index (χ1) is 10.9. The first kappa shape index (κ1) is 13.1. The van der Waals surface area contributed by atoms with E-state index in [0.29, 0.717) is 0 Å². The van der Waals surface area contributed by atoms with Crippen molar-refractivity contribution in [1.82, 2.24) is 10.2 Å². The van der Waals surface area contributed by atoms with Crippen LogP contribution in [0.5, 0.6) is 0 Å². The SMILES string of the molecule is C1=CCCC(C2=NCCNc3ccc(-c4cn[nH]c4)cc32)=C1. The van der Waals surface area contributed by atoms with Crippen LogP contribution in [0, 0.1) is 0 Å². The predicted molar refractivity (Wildman–Crippen MR) is 90.4 cm³/mol. The Morgan fingerprint density at radius 1 is 1.14 bits per heavy atom. The van der Waals surface area contributed by atoms with Crippen LogP contribution >= 0.6 is 0 Å². The molecule has 0 saturated heterocycles. The monoisotopic (exact) mass is 290 g/mol. The van der Waals surface area contributed by atoms with Crippen molar-refractivity contribution in [3.63, 3.8) is 0 Å². The van der Waals surface area contributed by atoms with Gasteiger partial charge in [-0.25, -0.2) is 0 Å². The molecule has 1 aromatic carbocycles. The summed E-state index contributed by atoms with van der Waals surface area (Å²) in [7, 11) is 0. The largest absolute Gasteiger partial charge is 0.383 e.